The van der Waals surface area contributed by atoms with Crippen LogP contribution in [0.1, 0.15) is 45.0 Å². The van der Waals surface area contributed by atoms with Crippen LogP contribution in [0.3, 0.4) is 0 Å². The van der Waals surface area contributed by atoms with Gasteiger partial charge in [-0.05, 0) is 48.5 Å². The van der Waals surface area contributed by atoms with Crippen molar-refractivity contribution in [2.75, 3.05) is 0 Å². The van der Waals surface area contributed by atoms with Crippen molar-refractivity contribution >= 4 is 254 Å². The fourth-order valence-electron chi connectivity index (χ4n) is 7.70. The van der Waals surface area contributed by atoms with Gasteiger partial charge in [0.1, 0.15) is 0 Å². The maximum absolute atomic E-state index is 7.06. The maximum Gasteiger partial charge on any atom is 0.0809 e. The predicted octanol–water partition coefficient (Wildman–Crippen LogP) is 19.4. The number of halogens is 20. The molecule has 0 unspecified atom stereocenters. The quantitative estimate of drug-likeness (QED) is 0.100. The zero-order valence-corrected chi connectivity index (χ0v) is 47.3. The van der Waals surface area contributed by atoms with E-state index in [-0.39, 0.29) is 123 Å². The first-order valence-corrected chi connectivity index (χ1v) is 26.0. The number of nitrogens with one attached hydrogen (secondary N) is 4. The van der Waals surface area contributed by atoms with E-state index in [1.54, 1.807) is 48.5 Å². The highest BCUT2D eigenvalue weighted by molar-refractivity contribution is 6.59. The zero-order valence-electron chi connectivity index (χ0n) is 32.2. The molecule has 348 valence electrons. The number of hydrogen-bond donors (Lipinski definition) is 4. The Morgan fingerprint density at radius 1 is 0.176 bits per heavy atom. The molecule has 8 bridgehead atoms. The van der Waals surface area contributed by atoms with Crippen molar-refractivity contribution in [3.8, 4) is 0 Å². The van der Waals surface area contributed by atoms with E-state index in [4.69, 9.17) is 232 Å². The largest absolute Gasteiger partial charge is 0.354 e. The van der Waals surface area contributed by atoms with Gasteiger partial charge in [-0.25, -0.2) is 0 Å². The molecule has 4 aromatic heterocycles. The minimum absolute atomic E-state index is 0.0355. The molecule has 1 aliphatic rings. The molecule has 0 saturated heterocycles. The molecule has 0 aliphatic carbocycles. The molecule has 0 fully saturated rings. The molecule has 0 amide bonds. The lowest BCUT2D eigenvalue weighted by atomic mass is 10.0. The first-order chi connectivity index (χ1) is 32.1. The molecule has 24 heteroatoms. The van der Waals surface area contributed by atoms with Gasteiger partial charge in [0.2, 0.25) is 0 Å². The van der Waals surface area contributed by atoms with Gasteiger partial charge in [0.15, 0.2) is 0 Å². The van der Waals surface area contributed by atoms with Crippen molar-refractivity contribution in [1.82, 2.24) is 19.9 Å². The molecule has 1 aliphatic heterocycles. The molecule has 0 spiro atoms. The van der Waals surface area contributed by atoms with Crippen molar-refractivity contribution in [2.45, 2.75) is 0 Å². The summed E-state index contributed by atoms with van der Waals surface area (Å²) >= 11 is 136. The van der Waals surface area contributed by atoms with Crippen LogP contribution in [0.5, 0.6) is 0 Å². The summed E-state index contributed by atoms with van der Waals surface area (Å²) in [5, 5.41) is 0.397. The van der Waals surface area contributed by atoms with E-state index in [9.17, 15) is 0 Å². The topological polar surface area (TPSA) is 63.2 Å². The number of aromatic amines is 4. The summed E-state index contributed by atoms with van der Waals surface area (Å²) in [6.07, 6.45) is 0. The Balaban J connectivity index is 1.56. The molecular weight excluding hydrogens is 1290 g/mol. The van der Waals surface area contributed by atoms with Crippen LogP contribution in [0.2, 0.25) is 100 Å². The molecule has 4 aromatic carbocycles. The molecule has 4 nitrogen and oxygen atoms in total. The summed E-state index contributed by atoms with van der Waals surface area (Å²) in [7, 11) is 0. The molecular formula is C44H12Cl20N4. The fraction of sp³-hybridized carbons (Fsp3) is 0. The van der Waals surface area contributed by atoms with E-state index in [1.165, 1.54) is 0 Å². The van der Waals surface area contributed by atoms with E-state index < -0.39 is 0 Å². The summed E-state index contributed by atoms with van der Waals surface area (Å²) in [6, 6.07) is 13.9. The number of benzene rings is 4. The van der Waals surface area contributed by atoms with Crippen LogP contribution in [-0.2, 0) is 0 Å². The third-order valence-corrected chi connectivity index (χ3v) is 19.8. The standard InChI is InChI=1S/C44H12Cl20N4/c45-25-21(26(46)34(54)41(61)33(25)53)17-9-1-2-10(65-9)18(22-27(47)35(55)42(62)36(56)28(22)48)12-5-6-14(67-12)20(24-31(51)39(59)44(64)40(60)32(24)52)16-8-7-15(68-16)19(13-4-3-11(17)66-13)23-29(49)37(57)43(63)38(58)30(23)50/h1-8,65-68H. The van der Waals surface area contributed by atoms with Gasteiger partial charge in [-0.1, -0.05) is 232 Å². The van der Waals surface area contributed by atoms with Crippen LogP contribution < -0.4 is 21.4 Å². The second kappa shape index (κ2) is 19.9. The number of rotatable bonds is 4. The Morgan fingerprint density at radius 3 is 0.485 bits per heavy atom. The van der Waals surface area contributed by atoms with Gasteiger partial charge in [0, 0.05) is 88.7 Å². The van der Waals surface area contributed by atoms with Gasteiger partial charge < -0.3 is 19.9 Å². The highest BCUT2D eigenvalue weighted by Gasteiger charge is 2.31. The monoisotopic (exact) mass is 1300 g/mol. The maximum atomic E-state index is 7.06. The Kier molecular flexibility index (Phi) is 15.2. The van der Waals surface area contributed by atoms with Crippen molar-refractivity contribution in [3.63, 3.8) is 0 Å². The molecule has 68 heavy (non-hydrogen) atoms. The van der Waals surface area contributed by atoms with E-state index in [0.29, 0.717) is 66.5 Å². The molecule has 4 N–H and O–H groups in total. The lowest BCUT2D eigenvalue weighted by Crippen LogP contribution is -2.20. The van der Waals surface area contributed by atoms with Gasteiger partial charge in [-0.3, -0.25) is 0 Å². The van der Waals surface area contributed by atoms with Gasteiger partial charge >= 0.3 is 0 Å². The molecule has 0 atom stereocenters. The fourth-order valence-corrected chi connectivity index (χ4v) is 13.0. The SMILES string of the molecule is Clc1c(Cl)c(Cl)c(C2=c3ccc([nH]3)=C(c3c(Cl)c(Cl)c(Cl)c(Cl)c3Cl)c3ccc([nH]3)C(c3c(Cl)c(Cl)c(Cl)c(Cl)c3Cl)=c3ccc([nH]3)=C(c3c(Cl)c(Cl)c(Cl)c(Cl)c3Cl)c3ccc2[nH]3)c(Cl)c1Cl. The van der Waals surface area contributed by atoms with E-state index in [2.05, 4.69) is 19.9 Å². The third kappa shape index (κ3) is 8.39. The van der Waals surface area contributed by atoms with Crippen molar-refractivity contribution in [3.05, 3.63) is 215 Å². The second-order valence-electron chi connectivity index (χ2n) is 14.4. The number of fused-ring (bicyclic) bond motifs is 8. The van der Waals surface area contributed by atoms with Gasteiger partial charge in [0.05, 0.1) is 100 Å². The summed E-state index contributed by atoms with van der Waals surface area (Å²) in [4.78, 5) is 13.9. The van der Waals surface area contributed by atoms with Gasteiger partial charge in [0.25, 0.3) is 0 Å². The zero-order chi connectivity index (χ0) is 49.3. The highest BCUT2D eigenvalue weighted by atomic mass is 35.5. The Hall–Kier alpha value is -0.720. The first-order valence-electron chi connectivity index (χ1n) is 18.4. The van der Waals surface area contributed by atoms with Crippen molar-refractivity contribution < 1.29 is 0 Å². The molecule has 8 aromatic rings. The van der Waals surface area contributed by atoms with Crippen LogP contribution in [0, 0.1) is 0 Å². The van der Waals surface area contributed by atoms with E-state index >= 15 is 0 Å². The smallest absolute Gasteiger partial charge is 0.0809 e. The number of H-pyrrole nitrogens is 4. The minimum atomic E-state index is -0.0724. The van der Waals surface area contributed by atoms with E-state index in [0.717, 1.165) is 0 Å². The lowest BCUT2D eigenvalue weighted by molar-refractivity contribution is 1.19. The average molecular weight is 1310 g/mol. The normalized spacial score (nSPS) is 12.9. The summed E-state index contributed by atoms with van der Waals surface area (Å²) < 4.78 is 0. The molecule has 0 radical (unpaired) electrons. The van der Waals surface area contributed by atoms with Crippen LogP contribution >= 0.6 is 232 Å². The van der Waals surface area contributed by atoms with Gasteiger partial charge in [-0.15, -0.1) is 0 Å². The Morgan fingerprint density at radius 2 is 0.324 bits per heavy atom. The van der Waals surface area contributed by atoms with Crippen molar-refractivity contribution in [2.24, 2.45) is 0 Å². The van der Waals surface area contributed by atoms with Crippen LogP contribution in [0.15, 0.2) is 48.5 Å². The lowest BCUT2D eigenvalue weighted by Gasteiger charge is -2.17. The molecule has 9 rings (SSSR count). The first kappa shape index (κ1) is 52.2. The summed E-state index contributed by atoms with van der Waals surface area (Å²) in [5.74, 6) is 0. The minimum Gasteiger partial charge on any atom is -0.354 e. The van der Waals surface area contributed by atoms with Gasteiger partial charge in [-0.2, -0.15) is 0 Å². The van der Waals surface area contributed by atoms with Crippen LogP contribution in [0.25, 0.3) is 22.3 Å². The van der Waals surface area contributed by atoms with Crippen molar-refractivity contribution in [1.29, 1.82) is 0 Å². The molecule has 5 heterocycles. The predicted molar refractivity (Wildman–Crippen MR) is 294 cm³/mol. The summed E-state index contributed by atoms with van der Waals surface area (Å²) in [6.45, 7) is 0. The second-order valence-corrected chi connectivity index (χ2v) is 22.0. The average Bonchev–Trinajstić information content (AvgIpc) is 4.18. The summed E-state index contributed by atoms with van der Waals surface area (Å²) in [5.41, 5.74) is 3.62. The number of hydrogen-bond acceptors (Lipinski definition) is 0. The molecule has 0 saturated carbocycles. The van der Waals surface area contributed by atoms with Crippen LogP contribution in [0.4, 0.5) is 0 Å². The highest BCUT2D eigenvalue weighted by Crippen LogP contribution is 2.52. The van der Waals surface area contributed by atoms with E-state index in [1.807, 2.05) is 0 Å². The number of aromatic nitrogens is 4. The third-order valence-electron chi connectivity index (χ3n) is 10.7. The Bertz CT molecular complexity index is 3220. The Labute approximate surface area is 483 Å². The van der Waals surface area contributed by atoms with Crippen LogP contribution in [-0.4, -0.2) is 19.9 Å².